The van der Waals surface area contributed by atoms with Crippen molar-refractivity contribution in [2.75, 3.05) is 18.5 Å². The molecule has 146 valence electrons. The zero-order valence-electron chi connectivity index (χ0n) is 15.3. The van der Waals surface area contributed by atoms with Crippen LogP contribution in [0.5, 0.6) is 0 Å². The van der Waals surface area contributed by atoms with Crippen LogP contribution in [0.25, 0.3) is 11.0 Å². The minimum absolute atomic E-state index is 0.0283. The Morgan fingerprint density at radius 2 is 2.00 bits per heavy atom. The van der Waals surface area contributed by atoms with Crippen molar-refractivity contribution in [2.24, 2.45) is 0 Å². The summed E-state index contributed by atoms with van der Waals surface area (Å²) < 4.78 is 15.4. The molecule has 8 nitrogen and oxygen atoms in total. The molecule has 0 radical (unpaired) electrons. The van der Waals surface area contributed by atoms with E-state index in [1.54, 1.807) is 31.4 Å². The van der Waals surface area contributed by atoms with E-state index in [1.807, 2.05) is 12.1 Å². The summed E-state index contributed by atoms with van der Waals surface area (Å²) in [5.41, 5.74) is 1.73. The van der Waals surface area contributed by atoms with Gasteiger partial charge in [0.15, 0.2) is 11.7 Å². The van der Waals surface area contributed by atoms with Gasteiger partial charge in [-0.1, -0.05) is 18.2 Å². The molecule has 0 bridgehead atoms. The topological polar surface area (TPSA) is 108 Å². The van der Waals surface area contributed by atoms with Gasteiger partial charge in [0.1, 0.15) is 5.58 Å². The Kier molecular flexibility index (Phi) is 6.05. The third kappa shape index (κ3) is 4.55. The van der Waals surface area contributed by atoms with Crippen molar-refractivity contribution in [3.63, 3.8) is 0 Å². The van der Waals surface area contributed by atoms with E-state index in [4.69, 9.17) is 13.9 Å². The van der Waals surface area contributed by atoms with Gasteiger partial charge in [0, 0.05) is 16.3 Å². The lowest BCUT2D eigenvalue weighted by Crippen LogP contribution is -2.21. The lowest BCUT2D eigenvalue weighted by Gasteiger charge is -2.03. The first-order chi connectivity index (χ1) is 13.5. The number of para-hydroxylation sites is 1. The summed E-state index contributed by atoms with van der Waals surface area (Å²) in [5.74, 6) is -1.58. The molecule has 3 rings (SSSR count). The van der Waals surface area contributed by atoms with Crippen LogP contribution >= 0.6 is 11.3 Å². The summed E-state index contributed by atoms with van der Waals surface area (Å²) >= 11 is 1.16. The molecule has 0 aliphatic rings. The fourth-order valence-electron chi connectivity index (χ4n) is 2.53. The Morgan fingerprint density at radius 1 is 1.21 bits per heavy atom. The monoisotopic (exact) mass is 402 g/mol. The first-order valence-corrected chi connectivity index (χ1v) is 9.41. The van der Waals surface area contributed by atoms with Crippen molar-refractivity contribution in [1.29, 1.82) is 0 Å². The fourth-order valence-corrected chi connectivity index (χ4v) is 3.25. The molecule has 0 spiro atoms. The normalized spacial score (nSPS) is 10.6. The summed E-state index contributed by atoms with van der Waals surface area (Å²) in [6.07, 6.45) is 0.0283. The van der Waals surface area contributed by atoms with Gasteiger partial charge in [0.2, 0.25) is 5.76 Å². The summed E-state index contributed by atoms with van der Waals surface area (Å²) in [4.78, 5) is 39.8. The Hall–Kier alpha value is -3.20. The summed E-state index contributed by atoms with van der Waals surface area (Å²) in [5, 5.41) is 5.29. The number of nitrogens with zero attached hydrogens (tertiary/aromatic N) is 1. The average molecular weight is 402 g/mol. The number of carbonyl (C=O) groups excluding carboxylic acids is 3. The van der Waals surface area contributed by atoms with E-state index in [2.05, 4.69) is 10.3 Å². The lowest BCUT2D eigenvalue weighted by molar-refractivity contribution is -0.142. The Balaban J connectivity index is 1.54. The number of ether oxygens (including phenoxy) is 2. The van der Waals surface area contributed by atoms with E-state index in [-0.39, 0.29) is 18.2 Å². The van der Waals surface area contributed by atoms with Crippen LogP contribution in [0.1, 0.15) is 28.7 Å². The number of thiazole rings is 1. The van der Waals surface area contributed by atoms with Crippen LogP contribution in [0.4, 0.5) is 5.13 Å². The third-order valence-electron chi connectivity index (χ3n) is 3.79. The van der Waals surface area contributed by atoms with Crippen LogP contribution in [0, 0.1) is 6.92 Å². The van der Waals surface area contributed by atoms with Crippen molar-refractivity contribution in [3.05, 3.63) is 46.7 Å². The number of carbonyl (C=O) groups is 3. The van der Waals surface area contributed by atoms with Crippen molar-refractivity contribution in [2.45, 2.75) is 20.3 Å². The van der Waals surface area contributed by atoms with Gasteiger partial charge in [0.25, 0.3) is 5.91 Å². The SMILES string of the molecule is CCOC(=O)Cc1csc(NC(=O)COC(=O)c2oc3ccccc3c2C)n1. The van der Waals surface area contributed by atoms with E-state index in [1.165, 1.54) is 0 Å². The highest BCUT2D eigenvalue weighted by molar-refractivity contribution is 7.13. The Labute approximate surface area is 164 Å². The van der Waals surface area contributed by atoms with E-state index in [0.29, 0.717) is 28.6 Å². The lowest BCUT2D eigenvalue weighted by atomic mass is 10.1. The van der Waals surface area contributed by atoms with Gasteiger partial charge >= 0.3 is 11.9 Å². The molecule has 0 saturated heterocycles. The summed E-state index contributed by atoms with van der Waals surface area (Å²) in [6.45, 7) is 3.28. The maximum absolute atomic E-state index is 12.2. The van der Waals surface area contributed by atoms with Crippen LogP contribution in [-0.4, -0.2) is 36.0 Å². The molecule has 0 fully saturated rings. The number of hydrogen-bond acceptors (Lipinski definition) is 8. The first kappa shape index (κ1) is 19.6. The molecule has 1 N–H and O–H groups in total. The molecular formula is C19H18N2O6S. The molecule has 0 unspecified atom stereocenters. The highest BCUT2D eigenvalue weighted by Crippen LogP contribution is 2.25. The number of amides is 1. The molecule has 28 heavy (non-hydrogen) atoms. The molecule has 0 aliphatic carbocycles. The highest BCUT2D eigenvalue weighted by Gasteiger charge is 2.20. The van der Waals surface area contributed by atoms with Gasteiger partial charge < -0.3 is 13.9 Å². The number of hydrogen-bond donors (Lipinski definition) is 1. The largest absolute Gasteiger partial charge is 0.466 e. The predicted octanol–water partition coefficient (Wildman–Crippen LogP) is 3.10. The van der Waals surface area contributed by atoms with Crippen LogP contribution < -0.4 is 5.32 Å². The van der Waals surface area contributed by atoms with Crippen molar-refractivity contribution in [1.82, 2.24) is 4.98 Å². The number of aryl methyl sites for hydroxylation is 1. The molecule has 2 aromatic heterocycles. The second-order valence-corrected chi connectivity index (χ2v) is 6.66. The van der Waals surface area contributed by atoms with Gasteiger partial charge in [-0.3, -0.25) is 14.9 Å². The molecular weight excluding hydrogens is 384 g/mol. The van der Waals surface area contributed by atoms with Crippen LogP contribution in [-0.2, 0) is 25.5 Å². The molecule has 0 saturated carbocycles. The maximum atomic E-state index is 12.2. The summed E-state index contributed by atoms with van der Waals surface area (Å²) in [6, 6.07) is 7.24. The molecule has 3 aromatic rings. The van der Waals surface area contributed by atoms with Crippen LogP contribution in [0.2, 0.25) is 0 Å². The number of benzene rings is 1. The summed E-state index contributed by atoms with van der Waals surface area (Å²) in [7, 11) is 0. The molecule has 0 atom stereocenters. The van der Waals surface area contributed by atoms with Crippen LogP contribution in [0.15, 0.2) is 34.1 Å². The van der Waals surface area contributed by atoms with Gasteiger partial charge in [-0.05, 0) is 19.9 Å². The number of fused-ring (bicyclic) bond motifs is 1. The van der Waals surface area contributed by atoms with Gasteiger partial charge in [0.05, 0.1) is 18.7 Å². The average Bonchev–Trinajstić information content (AvgIpc) is 3.24. The molecule has 0 aliphatic heterocycles. The minimum Gasteiger partial charge on any atom is -0.466 e. The Morgan fingerprint density at radius 3 is 2.75 bits per heavy atom. The number of nitrogens with one attached hydrogen (secondary N) is 1. The number of esters is 2. The zero-order valence-corrected chi connectivity index (χ0v) is 16.1. The van der Waals surface area contributed by atoms with Crippen molar-refractivity contribution in [3.8, 4) is 0 Å². The first-order valence-electron chi connectivity index (χ1n) is 8.53. The smallest absolute Gasteiger partial charge is 0.375 e. The number of rotatable bonds is 7. The zero-order chi connectivity index (χ0) is 20.1. The van der Waals surface area contributed by atoms with Crippen molar-refractivity contribution >= 4 is 45.3 Å². The highest BCUT2D eigenvalue weighted by atomic mass is 32.1. The maximum Gasteiger partial charge on any atom is 0.375 e. The van der Waals surface area contributed by atoms with Crippen LogP contribution in [0.3, 0.4) is 0 Å². The fraction of sp³-hybridized carbons (Fsp3) is 0.263. The molecule has 1 amide bonds. The van der Waals surface area contributed by atoms with Gasteiger partial charge in [-0.25, -0.2) is 9.78 Å². The standard InChI is InChI=1S/C19H18N2O6S/c1-3-25-16(23)8-12-10-28-19(20-12)21-15(22)9-26-18(24)17-11(2)13-6-4-5-7-14(13)27-17/h4-7,10H,3,8-9H2,1-2H3,(H,20,21,22). The van der Waals surface area contributed by atoms with E-state index < -0.39 is 18.5 Å². The second kappa shape index (κ2) is 8.66. The number of furan rings is 1. The molecule has 2 heterocycles. The molecule has 1 aromatic carbocycles. The predicted molar refractivity (Wildman–Crippen MR) is 102 cm³/mol. The van der Waals surface area contributed by atoms with Gasteiger partial charge in [-0.15, -0.1) is 11.3 Å². The van der Waals surface area contributed by atoms with E-state index in [0.717, 1.165) is 16.7 Å². The van der Waals surface area contributed by atoms with E-state index >= 15 is 0 Å². The minimum atomic E-state index is -0.717. The Bertz CT molecular complexity index is 1020. The van der Waals surface area contributed by atoms with E-state index in [9.17, 15) is 14.4 Å². The number of anilines is 1. The molecule has 9 heteroatoms. The third-order valence-corrected chi connectivity index (χ3v) is 4.60. The number of aromatic nitrogens is 1. The van der Waals surface area contributed by atoms with Crippen molar-refractivity contribution < 1.29 is 28.3 Å². The quantitative estimate of drug-likeness (QED) is 0.605. The second-order valence-electron chi connectivity index (χ2n) is 5.80. The van der Waals surface area contributed by atoms with Gasteiger partial charge in [-0.2, -0.15) is 0 Å².